The maximum atomic E-state index is 11.3. The van der Waals surface area contributed by atoms with Crippen molar-refractivity contribution in [3.63, 3.8) is 0 Å². The third-order valence-corrected chi connectivity index (χ3v) is 4.02. The van der Waals surface area contributed by atoms with Crippen LogP contribution < -0.4 is 10.6 Å². The summed E-state index contributed by atoms with van der Waals surface area (Å²) >= 11 is 0. The molecule has 0 amide bonds. The number of rotatable bonds is 8. The molecule has 0 radical (unpaired) electrons. The Hall–Kier alpha value is -2.92. The standard InChI is InChI=1S/C21H26N4O/c1-5-6-16(20-12-18(14-26)19(24-20)9-10-22)11-15(2)17-7-8-21(23-13-17)25(3)4/h5-8,11-14,24H,2,9-10,22H2,1,3-4H3/b6-5-,16-11+. The lowest BCUT2D eigenvalue weighted by molar-refractivity contribution is 0.112. The van der Waals surface area contributed by atoms with Crippen LogP contribution in [0.3, 0.4) is 0 Å². The first-order chi connectivity index (χ1) is 12.5. The highest BCUT2D eigenvalue weighted by Gasteiger charge is 2.10. The Bertz CT molecular complexity index is 826. The first-order valence-electron chi connectivity index (χ1n) is 8.54. The molecule has 2 rings (SSSR count). The topological polar surface area (TPSA) is 75.0 Å². The van der Waals surface area contributed by atoms with Crippen LogP contribution in [0.15, 0.2) is 49.2 Å². The van der Waals surface area contributed by atoms with Crippen molar-refractivity contribution >= 4 is 23.3 Å². The number of allylic oxidation sites excluding steroid dienone is 5. The minimum absolute atomic E-state index is 0.486. The Morgan fingerprint density at radius 3 is 2.69 bits per heavy atom. The summed E-state index contributed by atoms with van der Waals surface area (Å²) in [5.74, 6) is 0.894. The van der Waals surface area contributed by atoms with E-state index in [4.69, 9.17) is 5.73 Å². The Labute approximate surface area is 154 Å². The van der Waals surface area contributed by atoms with Gasteiger partial charge < -0.3 is 15.6 Å². The minimum Gasteiger partial charge on any atom is -0.363 e. The van der Waals surface area contributed by atoms with E-state index >= 15 is 0 Å². The molecule has 136 valence electrons. The van der Waals surface area contributed by atoms with Crippen molar-refractivity contribution in [2.24, 2.45) is 5.73 Å². The number of nitrogens with zero attached hydrogens (tertiary/aromatic N) is 2. The van der Waals surface area contributed by atoms with Crippen molar-refractivity contribution in [3.05, 3.63) is 71.7 Å². The van der Waals surface area contributed by atoms with Crippen LogP contribution in [0, 0.1) is 0 Å². The van der Waals surface area contributed by atoms with Gasteiger partial charge in [-0.05, 0) is 54.5 Å². The Balaban J connectivity index is 2.36. The van der Waals surface area contributed by atoms with Crippen molar-refractivity contribution in [2.75, 3.05) is 25.5 Å². The number of nitrogens with two attached hydrogens (primary N) is 1. The number of aromatic amines is 1. The number of aldehydes is 1. The third kappa shape index (κ3) is 4.58. The van der Waals surface area contributed by atoms with E-state index in [1.54, 1.807) is 0 Å². The molecule has 0 atom stereocenters. The average Bonchev–Trinajstić information content (AvgIpc) is 3.04. The van der Waals surface area contributed by atoms with Crippen molar-refractivity contribution in [2.45, 2.75) is 13.3 Å². The van der Waals surface area contributed by atoms with Crippen molar-refractivity contribution in [1.29, 1.82) is 0 Å². The fraction of sp³-hybridized carbons (Fsp3) is 0.238. The molecule has 0 aliphatic rings. The smallest absolute Gasteiger partial charge is 0.151 e. The molecule has 0 aliphatic carbocycles. The van der Waals surface area contributed by atoms with E-state index in [-0.39, 0.29) is 0 Å². The first-order valence-corrected chi connectivity index (χ1v) is 8.54. The summed E-state index contributed by atoms with van der Waals surface area (Å²) in [6, 6.07) is 5.81. The largest absolute Gasteiger partial charge is 0.363 e. The summed E-state index contributed by atoms with van der Waals surface area (Å²) in [5, 5.41) is 0. The van der Waals surface area contributed by atoms with Crippen molar-refractivity contribution in [1.82, 2.24) is 9.97 Å². The molecule has 0 aromatic carbocycles. The Morgan fingerprint density at radius 2 is 2.15 bits per heavy atom. The van der Waals surface area contributed by atoms with Gasteiger partial charge in [0, 0.05) is 43.7 Å². The molecule has 0 bridgehead atoms. The molecular weight excluding hydrogens is 324 g/mol. The normalized spacial score (nSPS) is 11.8. The summed E-state index contributed by atoms with van der Waals surface area (Å²) in [5.41, 5.74) is 10.7. The van der Waals surface area contributed by atoms with Crippen molar-refractivity contribution < 1.29 is 4.79 Å². The molecule has 0 fully saturated rings. The van der Waals surface area contributed by atoms with Crippen LogP contribution in [0.5, 0.6) is 0 Å². The fourth-order valence-corrected chi connectivity index (χ4v) is 2.63. The Kier molecular flexibility index (Phi) is 6.69. The summed E-state index contributed by atoms with van der Waals surface area (Å²) < 4.78 is 0. The van der Waals surface area contributed by atoms with Crippen LogP contribution in [-0.2, 0) is 6.42 Å². The van der Waals surface area contributed by atoms with E-state index in [1.165, 1.54) is 0 Å². The van der Waals surface area contributed by atoms with Gasteiger partial charge in [0.05, 0.1) is 0 Å². The second-order valence-electron chi connectivity index (χ2n) is 6.20. The van der Waals surface area contributed by atoms with Gasteiger partial charge >= 0.3 is 0 Å². The molecule has 2 heterocycles. The van der Waals surface area contributed by atoms with E-state index in [9.17, 15) is 4.79 Å². The van der Waals surface area contributed by atoms with Crippen LogP contribution in [0.2, 0.25) is 0 Å². The molecule has 26 heavy (non-hydrogen) atoms. The first kappa shape index (κ1) is 19.4. The van der Waals surface area contributed by atoms with E-state index < -0.39 is 0 Å². The highest BCUT2D eigenvalue weighted by molar-refractivity contribution is 5.88. The molecule has 3 N–H and O–H groups in total. The zero-order valence-corrected chi connectivity index (χ0v) is 15.6. The lowest BCUT2D eigenvalue weighted by Crippen LogP contribution is -2.10. The molecule has 2 aromatic heterocycles. The number of anilines is 1. The molecule has 0 spiro atoms. The number of H-pyrrole nitrogens is 1. The molecule has 5 nitrogen and oxygen atoms in total. The molecule has 0 saturated heterocycles. The average molecular weight is 350 g/mol. The second-order valence-corrected chi connectivity index (χ2v) is 6.20. The molecule has 0 saturated carbocycles. The van der Waals surface area contributed by atoms with Gasteiger partial charge in [-0.3, -0.25) is 4.79 Å². The molecular formula is C21H26N4O. The number of hydrogen-bond acceptors (Lipinski definition) is 4. The highest BCUT2D eigenvalue weighted by Crippen LogP contribution is 2.24. The predicted octanol–water partition coefficient (Wildman–Crippen LogP) is 3.46. The maximum absolute atomic E-state index is 11.3. The molecule has 0 aliphatic heterocycles. The van der Waals surface area contributed by atoms with Crippen LogP contribution in [0.1, 0.15) is 34.2 Å². The number of carbonyl (C=O) groups excluding carboxylic acids is 1. The monoisotopic (exact) mass is 350 g/mol. The van der Waals surface area contributed by atoms with Crippen LogP contribution in [0.25, 0.3) is 11.1 Å². The molecule has 0 unspecified atom stereocenters. The van der Waals surface area contributed by atoms with E-state index in [0.717, 1.165) is 40.2 Å². The molecule has 2 aromatic rings. The van der Waals surface area contributed by atoms with Gasteiger partial charge in [0.25, 0.3) is 0 Å². The van der Waals surface area contributed by atoms with Gasteiger partial charge in [0.2, 0.25) is 0 Å². The number of carbonyl (C=O) groups is 1. The Morgan fingerprint density at radius 1 is 1.38 bits per heavy atom. The fourth-order valence-electron chi connectivity index (χ4n) is 2.63. The van der Waals surface area contributed by atoms with Gasteiger partial charge in [0.15, 0.2) is 6.29 Å². The van der Waals surface area contributed by atoms with E-state index in [2.05, 4.69) is 16.5 Å². The van der Waals surface area contributed by atoms with Gasteiger partial charge in [-0.25, -0.2) is 4.98 Å². The zero-order chi connectivity index (χ0) is 19.1. The van der Waals surface area contributed by atoms with E-state index in [1.807, 2.05) is 68.5 Å². The summed E-state index contributed by atoms with van der Waals surface area (Å²) in [6.07, 6.45) is 9.23. The van der Waals surface area contributed by atoms with Gasteiger partial charge in [-0.1, -0.05) is 18.7 Å². The predicted molar refractivity (Wildman–Crippen MR) is 109 cm³/mol. The molecule has 5 heteroatoms. The second kappa shape index (κ2) is 8.97. The number of nitrogens with one attached hydrogen (secondary N) is 1. The number of hydrogen-bond donors (Lipinski definition) is 2. The van der Waals surface area contributed by atoms with Gasteiger partial charge in [-0.15, -0.1) is 0 Å². The van der Waals surface area contributed by atoms with Crippen molar-refractivity contribution in [3.8, 4) is 0 Å². The minimum atomic E-state index is 0.486. The van der Waals surface area contributed by atoms with Crippen LogP contribution >= 0.6 is 0 Å². The maximum Gasteiger partial charge on any atom is 0.151 e. The quantitative estimate of drug-likeness (QED) is 0.565. The summed E-state index contributed by atoms with van der Waals surface area (Å²) in [6.45, 7) is 6.60. The zero-order valence-electron chi connectivity index (χ0n) is 15.6. The SMILES string of the molecule is C=C(/C=C(\C=C/C)c1cc(C=O)c(CCN)[nH]1)c1ccc(N(C)C)nc1. The lowest BCUT2D eigenvalue weighted by Gasteiger charge is -2.11. The van der Waals surface area contributed by atoms with E-state index in [0.29, 0.717) is 18.5 Å². The van der Waals surface area contributed by atoms with Gasteiger partial charge in [-0.2, -0.15) is 0 Å². The van der Waals surface area contributed by atoms with Gasteiger partial charge in [0.1, 0.15) is 5.82 Å². The third-order valence-electron chi connectivity index (χ3n) is 4.02. The van der Waals surface area contributed by atoms with Crippen LogP contribution in [-0.4, -0.2) is 36.9 Å². The summed E-state index contributed by atoms with van der Waals surface area (Å²) in [7, 11) is 3.91. The number of aromatic nitrogens is 2. The van der Waals surface area contributed by atoms with Crippen LogP contribution in [0.4, 0.5) is 5.82 Å². The number of pyridine rings is 1. The lowest BCUT2D eigenvalue weighted by atomic mass is 10.0. The highest BCUT2D eigenvalue weighted by atomic mass is 16.1. The summed E-state index contributed by atoms with van der Waals surface area (Å²) in [4.78, 5) is 21.0.